The second-order valence-electron chi connectivity index (χ2n) is 12.4. The average Bonchev–Trinajstić information content (AvgIpc) is 3.93. The van der Waals surface area contributed by atoms with E-state index < -0.39 is 0 Å². The highest BCUT2D eigenvalue weighted by Crippen LogP contribution is 2.47. The monoisotopic (exact) mass is 733 g/mol. The highest BCUT2D eigenvalue weighted by Gasteiger charge is 2.35. The number of aromatic nitrogens is 1. The lowest BCUT2D eigenvalue weighted by Gasteiger charge is -2.23. The van der Waals surface area contributed by atoms with Crippen LogP contribution in [0.5, 0.6) is 0 Å². The normalized spacial score (nSPS) is 17.0. The molecule has 0 unspecified atom stereocenters. The molecule has 0 amide bonds. The fraction of sp³-hybridized carbons (Fsp3) is 0.200. The SMILES string of the molecule is CCCCN1C(=CC2=C(O)C(=c3ccc(=c4ccc(=c5c(=O)c(=Cc6sc7ccccc7[n+]6CCCC)c5=O)s4)s3)C2=O)Sc2ccccc21. The molecule has 8 rings (SSSR count). The minimum atomic E-state index is -0.223. The Morgan fingerprint density at radius 1 is 0.760 bits per heavy atom. The maximum Gasteiger partial charge on any atom is 0.263 e. The summed E-state index contributed by atoms with van der Waals surface area (Å²) >= 11 is 6.03. The topological polar surface area (TPSA) is 78.6 Å². The zero-order valence-corrected chi connectivity index (χ0v) is 30.8. The van der Waals surface area contributed by atoms with E-state index in [9.17, 15) is 19.5 Å². The summed E-state index contributed by atoms with van der Waals surface area (Å²) in [7, 11) is 0. The van der Waals surface area contributed by atoms with Crippen LogP contribution in [-0.4, -0.2) is 17.4 Å². The molecule has 4 heterocycles. The van der Waals surface area contributed by atoms with E-state index in [0.717, 1.165) is 78.7 Å². The van der Waals surface area contributed by atoms with Gasteiger partial charge in [0.2, 0.25) is 22.2 Å². The van der Waals surface area contributed by atoms with E-state index in [2.05, 4.69) is 47.6 Å². The Morgan fingerprint density at radius 3 is 2.20 bits per heavy atom. The molecule has 6 nitrogen and oxygen atoms in total. The fourth-order valence-electron chi connectivity index (χ4n) is 6.42. The average molecular weight is 734 g/mol. The van der Waals surface area contributed by atoms with E-state index in [1.165, 1.54) is 22.7 Å². The van der Waals surface area contributed by atoms with Gasteiger partial charge in [0.1, 0.15) is 10.5 Å². The van der Waals surface area contributed by atoms with Crippen molar-refractivity contribution in [3.05, 3.63) is 149 Å². The summed E-state index contributed by atoms with van der Waals surface area (Å²) in [5, 5.41) is 13.4. The number of unbranched alkanes of at least 4 members (excludes halogenated alkanes) is 2. The number of nitrogens with zero attached hydrogens (tertiary/aromatic N) is 2. The number of benzene rings is 2. The number of thiazole rings is 1. The smallest absolute Gasteiger partial charge is 0.263 e. The fourth-order valence-corrected chi connectivity index (χ4v) is 10.9. The summed E-state index contributed by atoms with van der Waals surface area (Å²) in [5.41, 5.74) is 2.47. The molecule has 250 valence electrons. The van der Waals surface area contributed by atoms with E-state index in [-0.39, 0.29) is 32.8 Å². The number of carbonyl (C=O) groups excluding carboxylic acids is 1. The molecule has 6 aromatic rings. The largest absolute Gasteiger partial charge is 0.506 e. The van der Waals surface area contributed by atoms with Gasteiger partial charge in [0.15, 0.2) is 6.54 Å². The summed E-state index contributed by atoms with van der Waals surface area (Å²) in [6.07, 6.45) is 7.73. The van der Waals surface area contributed by atoms with Crippen molar-refractivity contribution in [1.29, 1.82) is 0 Å². The maximum absolute atomic E-state index is 13.4. The van der Waals surface area contributed by atoms with Crippen LogP contribution in [0.15, 0.2) is 110 Å². The lowest BCUT2D eigenvalue weighted by molar-refractivity contribution is -0.669. The number of aryl methyl sites for hydroxylation is 1. The van der Waals surface area contributed by atoms with Gasteiger partial charge in [-0.1, -0.05) is 74.1 Å². The first-order valence-corrected chi connectivity index (χ1v) is 20.1. The minimum absolute atomic E-state index is 0.0185. The maximum atomic E-state index is 13.4. The molecule has 1 aliphatic heterocycles. The summed E-state index contributed by atoms with van der Waals surface area (Å²) in [5.74, 6) is -0.151. The van der Waals surface area contributed by atoms with Crippen LogP contribution in [0.1, 0.15) is 44.5 Å². The van der Waals surface area contributed by atoms with Gasteiger partial charge in [-0.15, -0.1) is 22.7 Å². The Balaban J connectivity index is 1.15. The number of thioether (sulfide) groups is 1. The van der Waals surface area contributed by atoms with E-state index >= 15 is 0 Å². The molecule has 2 aliphatic rings. The molecule has 0 spiro atoms. The van der Waals surface area contributed by atoms with Crippen LogP contribution in [0.3, 0.4) is 0 Å². The zero-order valence-electron chi connectivity index (χ0n) is 27.5. The van der Waals surface area contributed by atoms with Crippen molar-refractivity contribution in [1.82, 2.24) is 0 Å². The third kappa shape index (κ3) is 5.55. The number of carbonyl (C=O) groups is 1. The Labute approximate surface area is 303 Å². The third-order valence-electron chi connectivity index (χ3n) is 9.13. The quantitative estimate of drug-likeness (QED) is 0.172. The van der Waals surface area contributed by atoms with Crippen molar-refractivity contribution in [2.24, 2.45) is 0 Å². The van der Waals surface area contributed by atoms with Crippen molar-refractivity contribution in [2.75, 3.05) is 11.4 Å². The molecule has 0 saturated heterocycles. The molecule has 0 saturated carbocycles. The molecule has 3 aromatic carbocycles. The first kappa shape index (κ1) is 32.8. The van der Waals surface area contributed by atoms with E-state index in [1.54, 1.807) is 29.2 Å². The van der Waals surface area contributed by atoms with Crippen molar-refractivity contribution in [2.45, 2.75) is 51.0 Å². The van der Waals surface area contributed by atoms with Crippen LogP contribution in [0, 0.1) is 18.8 Å². The second-order valence-corrected chi connectivity index (χ2v) is 16.6. The van der Waals surface area contributed by atoms with Gasteiger partial charge in [0, 0.05) is 48.1 Å². The molecule has 1 N–H and O–H groups in total. The number of ketones is 1. The number of hydrogen-bond acceptors (Lipinski definition) is 9. The number of hydrogen-bond donors (Lipinski definition) is 1. The Bertz CT molecular complexity index is 2780. The number of allylic oxidation sites excluding steroid dienone is 3. The molecule has 3 aromatic heterocycles. The summed E-state index contributed by atoms with van der Waals surface area (Å²) < 4.78 is 6.47. The summed E-state index contributed by atoms with van der Waals surface area (Å²) in [4.78, 5) is 43.5. The minimum Gasteiger partial charge on any atom is -0.506 e. The molecule has 0 atom stereocenters. The zero-order chi connectivity index (χ0) is 34.5. The van der Waals surface area contributed by atoms with Crippen LogP contribution in [0.25, 0.3) is 21.9 Å². The number of Topliss-reactive ketones (excluding diaryl/α,β-unsaturated/α-hetero) is 1. The predicted molar refractivity (Wildman–Crippen MR) is 206 cm³/mol. The Kier molecular flexibility index (Phi) is 8.81. The van der Waals surface area contributed by atoms with Crippen molar-refractivity contribution >= 4 is 79.1 Å². The molecule has 50 heavy (non-hydrogen) atoms. The molecule has 10 heteroatoms. The van der Waals surface area contributed by atoms with Gasteiger partial charge in [-0.2, -0.15) is 4.57 Å². The molecule has 0 fully saturated rings. The number of fused-ring (bicyclic) bond motifs is 2. The highest BCUT2D eigenvalue weighted by molar-refractivity contribution is 8.03. The number of para-hydroxylation sites is 2. The molecular formula is C40H33N2O4S4+. The van der Waals surface area contributed by atoms with Crippen LogP contribution in [0.4, 0.5) is 5.69 Å². The van der Waals surface area contributed by atoms with Gasteiger partial charge in [-0.05, 0) is 55.0 Å². The standard InChI is InChI=1S/C40H32N2O4S4/c1-3-5-19-41-25-11-7-9-13-27(25)49-33(41)21-23-37(43)35(38(23)44)31-17-15-29(47-31)30-16-18-32(48-30)36-39(45)24(40(36)46)22-34-42(20-6-4-2)26-12-8-10-14-28(26)50-34/h7-18,21-22H,3-6,19-20H2,1-2H3/p+1. The Morgan fingerprint density at radius 2 is 1.44 bits per heavy atom. The molecule has 0 bridgehead atoms. The van der Waals surface area contributed by atoms with E-state index in [0.29, 0.717) is 20.2 Å². The van der Waals surface area contributed by atoms with Gasteiger partial charge in [0.05, 0.1) is 32.3 Å². The van der Waals surface area contributed by atoms with Crippen molar-refractivity contribution in [3.8, 4) is 0 Å². The van der Waals surface area contributed by atoms with Gasteiger partial charge >= 0.3 is 0 Å². The van der Waals surface area contributed by atoms with E-state index in [1.807, 2.05) is 54.6 Å². The summed E-state index contributed by atoms with van der Waals surface area (Å²) in [6.45, 7) is 5.99. The van der Waals surface area contributed by atoms with Gasteiger partial charge in [-0.25, -0.2) is 0 Å². The highest BCUT2D eigenvalue weighted by atomic mass is 32.2. The molecule has 0 radical (unpaired) electrons. The number of aliphatic hydroxyl groups is 1. The van der Waals surface area contributed by atoms with Gasteiger partial charge in [0.25, 0.3) is 5.01 Å². The van der Waals surface area contributed by atoms with Crippen LogP contribution < -0.4 is 30.1 Å². The van der Waals surface area contributed by atoms with Crippen LogP contribution in [-0.2, 0) is 11.3 Å². The predicted octanol–water partition coefficient (Wildman–Crippen LogP) is 6.91. The number of aliphatic hydroxyl groups excluding tert-OH is 1. The number of rotatable bonds is 8. The van der Waals surface area contributed by atoms with Crippen molar-refractivity contribution < 1.29 is 14.5 Å². The van der Waals surface area contributed by atoms with Gasteiger partial charge in [-0.3, -0.25) is 14.4 Å². The van der Waals surface area contributed by atoms with Crippen LogP contribution >= 0.6 is 45.8 Å². The second kappa shape index (κ2) is 13.4. The lowest BCUT2D eigenvalue weighted by atomic mass is 9.88. The first-order valence-electron chi connectivity index (χ1n) is 16.8. The third-order valence-corrected chi connectivity index (χ3v) is 13.8. The number of anilines is 1. The lowest BCUT2D eigenvalue weighted by Crippen LogP contribution is -2.50. The molecule has 1 aliphatic carbocycles. The molecular weight excluding hydrogens is 701 g/mol. The van der Waals surface area contributed by atoms with E-state index in [4.69, 9.17) is 0 Å². The van der Waals surface area contributed by atoms with Crippen molar-refractivity contribution in [3.63, 3.8) is 0 Å². The summed E-state index contributed by atoms with van der Waals surface area (Å²) in [6, 6.07) is 23.9. The first-order chi connectivity index (χ1) is 24.4. The number of thiophene rings is 2. The van der Waals surface area contributed by atoms with Gasteiger partial charge < -0.3 is 10.0 Å². The van der Waals surface area contributed by atoms with Crippen LogP contribution in [0.2, 0.25) is 0 Å². The Hall–Kier alpha value is -4.35.